The molecule has 2 atom stereocenters. The second kappa shape index (κ2) is 7.00. The van der Waals surface area contributed by atoms with Gasteiger partial charge in [-0.2, -0.15) is 0 Å². The largest absolute Gasteiger partial charge is 0.480 e. The molecule has 1 aliphatic heterocycles. The Hall–Kier alpha value is -1.56. The zero-order chi connectivity index (χ0) is 13.5. The smallest absolute Gasteiger partial charge is 0.326 e. The van der Waals surface area contributed by atoms with Crippen LogP contribution in [0.15, 0.2) is 12.7 Å². The highest BCUT2D eigenvalue weighted by Crippen LogP contribution is 2.06. The van der Waals surface area contributed by atoms with E-state index < -0.39 is 12.0 Å². The van der Waals surface area contributed by atoms with Gasteiger partial charge < -0.3 is 20.1 Å². The van der Waals surface area contributed by atoms with Crippen molar-refractivity contribution in [1.82, 2.24) is 10.2 Å². The summed E-state index contributed by atoms with van der Waals surface area (Å²) in [7, 11) is 0. The predicted octanol–water partition coefficient (Wildman–Crippen LogP) is 0.836. The molecule has 0 aliphatic carbocycles. The maximum Gasteiger partial charge on any atom is 0.326 e. The van der Waals surface area contributed by atoms with E-state index in [1.54, 1.807) is 4.90 Å². The number of carboxylic acids is 1. The van der Waals surface area contributed by atoms with Gasteiger partial charge in [0.1, 0.15) is 6.04 Å². The Labute approximate surface area is 107 Å². The molecule has 0 aromatic rings. The molecule has 1 fully saturated rings. The molecule has 0 radical (unpaired) electrons. The van der Waals surface area contributed by atoms with E-state index in [-0.39, 0.29) is 18.6 Å². The summed E-state index contributed by atoms with van der Waals surface area (Å²) in [5.41, 5.74) is 0. The van der Waals surface area contributed by atoms with Crippen LogP contribution in [0.25, 0.3) is 0 Å². The highest BCUT2D eigenvalue weighted by atomic mass is 16.5. The number of amides is 2. The van der Waals surface area contributed by atoms with E-state index in [1.165, 1.54) is 6.08 Å². The van der Waals surface area contributed by atoms with Crippen molar-refractivity contribution < 1.29 is 19.4 Å². The van der Waals surface area contributed by atoms with E-state index in [1.807, 2.05) is 6.92 Å². The third kappa shape index (κ3) is 4.37. The Morgan fingerprint density at radius 1 is 1.67 bits per heavy atom. The molecule has 1 heterocycles. The zero-order valence-electron chi connectivity index (χ0n) is 10.6. The minimum absolute atomic E-state index is 0.0269. The highest BCUT2D eigenvalue weighted by Gasteiger charge is 2.24. The molecule has 18 heavy (non-hydrogen) atoms. The molecule has 0 aromatic heterocycles. The first kappa shape index (κ1) is 14.5. The van der Waals surface area contributed by atoms with Crippen LogP contribution in [0, 0.1) is 0 Å². The number of hydrogen-bond donors (Lipinski definition) is 2. The molecule has 1 aliphatic rings. The SMILES string of the molecule is C=CCC(NC(=O)N1CCCOC(C)C1)C(=O)O. The first-order valence-corrected chi connectivity index (χ1v) is 6.05. The molecule has 0 aromatic carbocycles. The molecule has 1 saturated heterocycles. The van der Waals surface area contributed by atoms with Crippen LogP contribution in [0.3, 0.4) is 0 Å². The van der Waals surface area contributed by atoms with Crippen molar-refractivity contribution in [3.63, 3.8) is 0 Å². The van der Waals surface area contributed by atoms with Crippen molar-refractivity contribution in [2.75, 3.05) is 19.7 Å². The zero-order valence-corrected chi connectivity index (χ0v) is 10.6. The molecule has 102 valence electrons. The second-order valence-electron chi connectivity index (χ2n) is 4.35. The fraction of sp³-hybridized carbons (Fsp3) is 0.667. The van der Waals surface area contributed by atoms with Gasteiger partial charge in [-0.25, -0.2) is 9.59 Å². The van der Waals surface area contributed by atoms with Crippen LogP contribution in [0.2, 0.25) is 0 Å². The number of ether oxygens (including phenoxy) is 1. The summed E-state index contributed by atoms with van der Waals surface area (Å²) in [4.78, 5) is 24.5. The lowest BCUT2D eigenvalue weighted by Gasteiger charge is -2.24. The number of nitrogens with zero attached hydrogens (tertiary/aromatic N) is 1. The third-order valence-corrected chi connectivity index (χ3v) is 2.74. The van der Waals surface area contributed by atoms with Gasteiger partial charge in [0, 0.05) is 19.7 Å². The van der Waals surface area contributed by atoms with E-state index in [0.717, 1.165) is 6.42 Å². The number of nitrogens with one attached hydrogen (secondary N) is 1. The van der Waals surface area contributed by atoms with Gasteiger partial charge in [0.2, 0.25) is 0 Å². The molecule has 2 unspecified atom stereocenters. The van der Waals surface area contributed by atoms with E-state index in [2.05, 4.69) is 11.9 Å². The quantitative estimate of drug-likeness (QED) is 0.730. The average molecular weight is 256 g/mol. The molecule has 0 spiro atoms. The van der Waals surface area contributed by atoms with Gasteiger partial charge in [-0.1, -0.05) is 6.08 Å². The average Bonchev–Trinajstić information content (AvgIpc) is 2.53. The van der Waals surface area contributed by atoms with Gasteiger partial charge in [-0.05, 0) is 19.8 Å². The maximum atomic E-state index is 11.9. The normalized spacial score (nSPS) is 21.8. The fourth-order valence-corrected chi connectivity index (χ4v) is 1.81. The predicted molar refractivity (Wildman–Crippen MR) is 66.4 cm³/mol. The Bertz CT molecular complexity index is 319. The Morgan fingerprint density at radius 2 is 2.39 bits per heavy atom. The van der Waals surface area contributed by atoms with Crippen molar-refractivity contribution in [2.24, 2.45) is 0 Å². The van der Waals surface area contributed by atoms with Crippen LogP contribution in [0.1, 0.15) is 19.8 Å². The minimum atomic E-state index is -1.05. The van der Waals surface area contributed by atoms with Crippen LogP contribution in [0.5, 0.6) is 0 Å². The standard InChI is InChI=1S/C12H20N2O4/c1-3-5-10(11(15)16)13-12(17)14-6-4-7-18-9(2)8-14/h3,9-10H,1,4-8H2,2H3,(H,13,17)(H,15,16). The summed E-state index contributed by atoms with van der Waals surface area (Å²) in [6.45, 7) is 7.06. The number of carboxylic acid groups (broad SMARTS) is 1. The van der Waals surface area contributed by atoms with E-state index in [0.29, 0.717) is 19.7 Å². The van der Waals surface area contributed by atoms with Gasteiger partial charge in [0.15, 0.2) is 0 Å². The van der Waals surface area contributed by atoms with Gasteiger partial charge in [-0.3, -0.25) is 0 Å². The first-order chi connectivity index (χ1) is 8.54. The van der Waals surface area contributed by atoms with E-state index >= 15 is 0 Å². The maximum absolute atomic E-state index is 11.9. The fourth-order valence-electron chi connectivity index (χ4n) is 1.81. The van der Waals surface area contributed by atoms with E-state index in [4.69, 9.17) is 9.84 Å². The van der Waals surface area contributed by atoms with Gasteiger partial charge in [-0.15, -0.1) is 6.58 Å². The molecule has 0 saturated carbocycles. The monoisotopic (exact) mass is 256 g/mol. The summed E-state index contributed by atoms with van der Waals surface area (Å²) >= 11 is 0. The summed E-state index contributed by atoms with van der Waals surface area (Å²) in [6.07, 6.45) is 2.42. The first-order valence-electron chi connectivity index (χ1n) is 6.05. The Kier molecular flexibility index (Phi) is 5.64. The topological polar surface area (TPSA) is 78.9 Å². The molecule has 6 nitrogen and oxygen atoms in total. The number of aliphatic carboxylic acids is 1. The number of carbonyl (C=O) groups excluding carboxylic acids is 1. The highest BCUT2D eigenvalue weighted by molar-refractivity contribution is 5.82. The molecule has 2 N–H and O–H groups in total. The van der Waals surface area contributed by atoms with Gasteiger partial charge in [0.05, 0.1) is 6.10 Å². The molecule has 1 rings (SSSR count). The molecule has 2 amide bonds. The third-order valence-electron chi connectivity index (χ3n) is 2.74. The van der Waals surface area contributed by atoms with Gasteiger partial charge in [0.25, 0.3) is 0 Å². The molecular weight excluding hydrogens is 236 g/mol. The summed E-state index contributed by atoms with van der Waals surface area (Å²) in [5, 5.41) is 11.4. The second-order valence-corrected chi connectivity index (χ2v) is 4.35. The summed E-state index contributed by atoms with van der Waals surface area (Å²) in [6, 6.07) is -1.28. The van der Waals surface area contributed by atoms with Gasteiger partial charge >= 0.3 is 12.0 Å². The molecular formula is C12H20N2O4. The molecule has 0 bridgehead atoms. The van der Waals surface area contributed by atoms with Crippen LogP contribution >= 0.6 is 0 Å². The van der Waals surface area contributed by atoms with Crippen molar-refractivity contribution in [2.45, 2.75) is 31.9 Å². The van der Waals surface area contributed by atoms with Crippen molar-refractivity contribution in [3.8, 4) is 0 Å². The van der Waals surface area contributed by atoms with Crippen LogP contribution in [-0.4, -0.2) is 53.8 Å². The van der Waals surface area contributed by atoms with Crippen LogP contribution in [0.4, 0.5) is 4.79 Å². The van der Waals surface area contributed by atoms with E-state index in [9.17, 15) is 9.59 Å². The van der Waals surface area contributed by atoms with Crippen LogP contribution < -0.4 is 5.32 Å². The Morgan fingerprint density at radius 3 is 3.00 bits per heavy atom. The number of hydrogen-bond acceptors (Lipinski definition) is 3. The lowest BCUT2D eigenvalue weighted by molar-refractivity contribution is -0.139. The van der Waals surface area contributed by atoms with Crippen molar-refractivity contribution in [1.29, 1.82) is 0 Å². The summed E-state index contributed by atoms with van der Waals surface area (Å²) in [5.74, 6) is -1.05. The number of rotatable bonds is 4. The lowest BCUT2D eigenvalue weighted by atomic mass is 10.2. The van der Waals surface area contributed by atoms with Crippen molar-refractivity contribution in [3.05, 3.63) is 12.7 Å². The lowest BCUT2D eigenvalue weighted by Crippen LogP contribution is -2.49. The van der Waals surface area contributed by atoms with Crippen LogP contribution in [-0.2, 0) is 9.53 Å². The number of urea groups is 1. The minimum Gasteiger partial charge on any atom is -0.480 e. The molecule has 6 heteroatoms. The van der Waals surface area contributed by atoms with Crippen molar-refractivity contribution >= 4 is 12.0 Å². The number of carbonyl (C=O) groups is 2. The summed E-state index contributed by atoms with van der Waals surface area (Å²) < 4.78 is 5.43. The Balaban J connectivity index is 2.56.